The SMILES string of the molecule is CSc1ccc(-c2noc(-c3nn(-c4ccc(F)c(F)c4)ccc3=O)n2)cc1. The van der Waals surface area contributed by atoms with Gasteiger partial charge in [-0.05, 0) is 42.7 Å². The van der Waals surface area contributed by atoms with Gasteiger partial charge in [0, 0.05) is 28.8 Å². The maximum atomic E-state index is 13.5. The quantitative estimate of drug-likeness (QED) is 0.485. The Morgan fingerprint density at radius 3 is 2.54 bits per heavy atom. The minimum Gasteiger partial charge on any atom is -0.332 e. The highest BCUT2D eigenvalue weighted by Crippen LogP contribution is 2.23. The van der Waals surface area contributed by atoms with Crippen molar-refractivity contribution in [2.24, 2.45) is 0 Å². The van der Waals surface area contributed by atoms with Gasteiger partial charge in [-0.15, -0.1) is 11.8 Å². The Labute approximate surface area is 161 Å². The third kappa shape index (κ3) is 3.44. The molecule has 0 N–H and O–H groups in total. The molecule has 2 heterocycles. The van der Waals surface area contributed by atoms with E-state index in [0.29, 0.717) is 5.82 Å². The molecule has 4 aromatic rings. The highest BCUT2D eigenvalue weighted by atomic mass is 32.2. The fourth-order valence-corrected chi connectivity index (χ4v) is 2.91. The second-order valence-corrected chi connectivity index (χ2v) is 6.60. The first-order chi connectivity index (χ1) is 13.5. The monoisotopic (exact) mass is 398 g/mol. The van der Waals surface area contributed by atoms with Gasteiger partial charge in [-0.2, -0.15) is 10.1 Å². The summed E-state index contributed by atoms with van der Waals surface area (Å²) >= 11 is 1.61. The number of aromatic nitrogens is 4. The molecule has 0 aliphatic rings. The summed E-state index contributed by atoms with van der Waals surface area (Å²) in [5.74, 6) is -1.75. The lowest BCUT2D eigenvalue weighted by Crippen LogP contribution is -2.13. The van der Waals surface area contributed by atoms with E-state index in [4.69, 9.17) is 4.52 Å². The number of rotatable bonds is 4. The van der Waals surface area contributed by atoms with Crippen LogP contribution in [0.1, 0.15) is 0 Å². The van der Waals surface area contributed by atoms with Gasteiger partial charge in [0.2, 0.25) is 11.3 Å². The van der Waals surface area contributed by atoms with Gasteiger partial charge in [0.15, 0.2) is 17.3 Å². The fourth-order valence-electron chi connectivity index (χ4n) is 2.50. The Kier molecular flexibility index (Phi) is 4.74. The molecule has 0 spiro atoms. The summed E-state index contributed by atoms with van der Waals surface area (Å²) < 4.78 is 33.1. The molecule has 0 bridgehead atoms. The Morgan fingerprint density at radius 1 is 1.04 bits per heavy atom. The number of nitrogens with zero attached hydrogens (tertiary/aromatic N) is 4. The molecule has 0 unspecified atom stereocenters. The first kappa shape index (κ1) is 18.1. The lowest BCUT2D eigenvalue weighted by molar-refractivity contribution is 0.429. The zero-order valence-electron chi connectivity index (χ0n) is 14.5. The number of thioether (sulfide) groups is 1. The summed E-state index contributed by atoms with van der Waals surface area (Å²) in [4.78, 5) is 17.5. The maximum absolute atomic E-state index is 13.5. The van der Waals surface area contributed by atoms with E-state index in [1.165, 1.54) is 23.0 Å². The molecule has 0 radical (unpaired) electrons. The molecule has 0 saturated heterocycles. The van der Waals surface area contributed by atoms with E-state index < -0.39 is 17.1 Å². The van der Waals surface area contributed by atoms with Gasteiger partial charge in [0.25, 0.3) is 5.89 Å². The number of hydrogen-bond donors (Lipinski definition) is 0. The van der Waals surface area contributed by atoms with E-state index in [1.54, 1.807) is 11.8 Å². The zero-order chi connectivity index (χ0) is 19.7. The number of halogens is 2. The van der Waals surface area contributed by atoms with Crippen LogP contribution >= 0.6 is 11.8 Å². The van der Waals surface area contributed by atoms with E-state index in [2.05, 4.69) is 15.2 Å². The Bertz CT molecular complexity index is 1210. The van der Waals surface area contributed by atoms with Crippen molar-refractivity contribution in [2.45, 2.75) is 4.90 Å². The third-order valence-corrected chi connectivity index (χ3v) is 4.70. The normalized spacial score (nSPS) is 11.0. The number of hydrogen-bond acceptors (Lipinski definition) is 6. The van der Waals surface area contributed by atoms with Gasteiger partial charge >= 0.3 is 0 Å². The molecule has 0 atom stereocenters. The van der Waals surface area contributed by atoms with Crippen molar-refractivity contribution in [3.8, 4) is 28.7 Å². The zero-order valence-corrected chi connectivity index (χ0v) is 15.3. The van der Waals surface area contributed by atoms with Crippen LogP contribution in [-0.2, 0) is 0 Å². The van der Waals surface area contributed by atoms with Gasteiger partial charge in [-0.25, -0.2) is 13.5 Å². The molecule has 0 aliphatic heterocycles. The standard InChI is InChI=1S/C19H12F2N4O2S/c1-28-13-5-2-11(3-6-13)18-22-19(27-24-18)17-16(26)8-9-25(23-17)12-4-7-14(20)15(21)10-12/h2-10H,1H3. The van der Waals surface area contributed by atoms with Gasteiger partial charge in [0.1, 0.15) is 0 Å². The van der Waals surface area contributed by atoms with Gasteiger partial charge in [0.05, 0.1) is 5.69 Å². The average Bonchev–Trinajstić information content (AvgIpc) is 3.20. The number of benzene rings is 2. The molecule has 0 fully saturated rings. The Hall–Kier alpha value is -3.33. The second kappa shape index (κ2) is 7.35. The first-order valence-corrected chi connectivity index (χ1v) is 9.31. The first-order valence-electron chi connectivity index (χ1n) is 8.09. The molecule has 9 heteroatoms. The highest BCUT2D eigenvalue weighted by molar-refractivity contribution is 7.98. The average molecular weight is 398 g/mol. The lowest BCUT2D eigenvalue weighted by Gasteiger charge is -2.06. The molecule has 0 amide bonds. The molecule has 0 saturated carbocycles. The van der Waals surface area contributed by atoms with Gasteiger partial charge in [-0.1, -0.05) is 5.16 Å². The summed E-state index contributed by atoms with van der Waals surface area (Å²) in [6.07, 6.45) is 3.32. The van der Waals surface area contributed by atoms with Crippen LogP contribution in [0.25, 0.3) is 28.7 Å². The van der Waals surface area contributed by atoms with Crippen molar-refractivity contribution in [2.75, 3.05) is 6.26 Å². The van der Waals surface area contributed by atoms with Crippen LogP contribution < -0.4 is 5.43 Å². The van der Waals surface area contributed by atoms with Crippen LogP contribution in [0.2, 0.25) is 0 Å². The Morgan fingerprint density at radius 2 is 1.82 bits per heavy atom. The molecule has 4 rings (SSSR count). The maximum Gasteiger partial charge on any atom is 0.282 e. The van der Waals surface area contributed by atoms with E-state index in [0.717, 1.165) is 22.6 Å². The van der Waals surface area contributed by atoms with Crippen LogP contribution in [0.5, 0.6) is 0 Å². The topological polar surface area (TPSA) is 73.8 Å². The molecule has 0 aliphatic carbocycles. The second-order valence-electron chi connectivity index (χ2n) is 5.72. The van der Waals surface area contributed by atoms with Crippen LogP contribution in [0.3, 0.4) is 0 Å². The van der Waals surface area contributed by atoms with Gasteiger partial charge < -0.3 is 4.52 Å². The van der Waals surface area contributed by atoms with E-state index in [-0.39, 0.29) is 17.3 Å². The van der Waals surface area contributed by atoms with Crippen molar-refractivity contribution < 1.29 is 13.3 Å². The summed E-state index contributed by atoms with van der Waals surface area (Å²) in [6.45, 7) is 0. The molecule has 140 valence electrons. The van der Waals surface area contributed by atoms with Crippen molar-refractivity contribution in [1.82, 2.24) is 19.9 Å². The summed E-state index contributed by atoms with van der Waals surface area (Å²) in [5.41, 5.74) is 0.440. The summed E-state index contributed by atoms with van der Waals surface area (Å²) in [7, 11) is 0. The molecule has 6 nitrogen and oxygen atoms in total. The molecular weight excluding hydrogens is 386 g/mol. The summed E-state index contributed by atoms with van der Waals surface area (Å²) in [5, 5.41) is 8.03. The Balaban J connectivity index is 1.72. The van der Waals surface area contributed by atoms with Crippen molar-refractivity contribution >= 4 is 11.8 Å². The van der Waals surface area contributed by atoms with E-state index in [9.17, 15) is 13.6 Å². The predicted octanol–water partition coefficient (Wildman–Crippen LogP) is 3.95. The van der Waals surface area contributed by atoms with Crippen LogP contribution in [0.4, 0.5) is 8.78 Å². The van der Waals surface area contributed by atoms with Crippen molar-refractivity contribution in [3.63, 3.8) is 0 Å². The third-order valence-electron chi connectivity index (χ3n) is 3.95. The minimum absolute atomic E-state index is 0.0640. The molecule has 2 aromatic carbocycles. The van der Waals surface area contributed by atoms with Gasteiger partial charge in [-0.3, -0.25) is 4.79 Å². The van der Waals surface area contributed by atoms with Crippen LogP contribution in [-0.4, -0.2) is 26.2 Å². The molecule has 2 aromatic heterocycles. The van der Waals surface area contributed by atoms with Crippen LogP contribution in [0.15, 0.2) is 68.9 Å². The fraction of sp³-hybridized carbons (Fsp3) is 0.0526. The van der Waals surface area contributed by atoms with Crippen molar-refractivity contribution in [3.05, 3.63) is 76.6 Å². The summed E-state index contributed by atoms with van der Waals surface area (Å²) in [6, 6.07) is 12.1. The smallest absolute Gasteiger partial charge is 0.282 e. The van der Waals surface area contributed by atoms with E-state index >= 15 is 0 Å². The molecule has 28 heavy (non-hydrogen) atoms. The largest absolute Gasteiger partial charge is 0.332 e. The van der Waals surface area contributed by atoms with E-state index in [1.807, 2.05) is 30.5 Å². The highest BCUT2D eigenvalue weighted by Gasteiger charge is 2.16. The lowest BCUT2D eigenvalue weighted by atomic mass is 10.2. The van der Waals surface area contributed by atoms with Crippen molar-refractivity contribution in [1.29, 1.82) is 0 Å². The van der Waals surface area contributed by atoms with Crippen LogP contribution in [0, 0.1) is 11.6 Å². The minimum atomic E-state index is -1.02. The molecular formula is C19H12F2N4O2S. The predicted molar refractivity (Wildman–Crippen MR) is 100 cm³/mol.